The van der Waals surface area contributed by atoms with Gasteiger partial charge in [-0.05, 0) is 23.8 Å². The summed E-state index contributed by atoms with van der Waals surface area (Å²) in [5, 5.41) is 10.2. The van der Waals surface area contributed by atoms with Gasteiger partial charge in [0.25, 0.3) is 0 Å². The lowest BCUT2D eigenvalue weighted by molar-refractivity contribution is 0.262. The number of aliphatic hydroxyl groups excluding tert-OH is 1. The average Bonchev–Trinajstić information content (AvgIpc) is 2.44. The van der Waals surface area contributed by atoms with Crippen molar-refractivity contribution in [1.82, 2.24) is 4.90 Å². The van der Waals surface area contributed by atoms with Crippen molar-refractivity contribution in [2.45, 2.75) is 30.9 Å². The highest BCUT2D eigenvalue weighted by atomic mass is 32.2. The Kier molecular flexibility index (Phi) is 5.98. The van der Waals surface area contributed by atoms with Gasteiger partial charge in [0, 0.05) is 35.7 Å². The molecule has 2 unspecified atom stereocenters. The zero-order valence-electron chi connectivity index (χ0n) is 12.9. The summed E-state index contributed by atoms with van der Waals surface area (Å²) in [7, 11) is 1.68. The van der Waals surface area contributed by atoms with Crippen molar-refractivity contribution in [3.8, 4) is 17.6 Å². The van der Waals surface area contributed by atoms with Crippen molar-refractivity contribution < 1.29 is 9.84 Å². The third kappa shape index (κ3) is 4.67. The maximum atomic E-state index is 8.90. The van der Waals surface area contributed by atoms with Crippen LogP contribution >= 0.6 is 11.8 Å². The number of thioether (sulfide) groups is 1. The minimum atomic E-state index is -0.111. The van der Waals surface area contributed by atoms with Crippen molar-refractivity contribution in [3.63, 3.8) is 0 Å². The van der Waals surface area contributed by atoms with E-state index in [0.29, 0.717) is 10.5 Å². The third-order valence-corrected chi connectivity index (χ3v) is 4.73. The van der Waals surface area contributed by atoms with E-state index in [1.165, 1.54) is 5.56 Å². The van der Waals surface area contributed by atoms with E-state index in [1.807, 2.05) is 12.1 Å². The molecule has 1 aliphatic rings. The highest BCUT2D eigenvalue weighted by Gasteiger charge is 2.22. The maximum absolute atomic E-state index is 8.90. The molecule has 1 aliphatic heterocycles. The van der Waals surface area contributed by atoms with Gasteiger partial charge in [-0.2, -0.15) is 11.8 Å². The molecular formula is C17H23NO2S. The predicted molar refractivity (Wildman–Crippen MR) is 88.7 cm³/mol. The fraction of sp³-hybridized carbons (Fsp3) is 0.529. The molecule has 0 radical (unpaired) electrons. The molecule has 21 heavy (non-hydrogen) atoms. The number of aliphatic hydroxyl groups is 1. The van der Waals surface area contributed by atoms with Crippen LogP contribution in [0, 0.1) is 11.8 Å². The quantitative estimate of drug-likeness (QED) is 0.869. The number of hydrogen-bond acceptors (Lipinski definition) is 4. The summed E-state index contributed by atoms with van der Waals surface area (Å²) in [6.07, 6.45) is 0. The normalized spacial score (nSPS) is 22.5. The van der Waals surface area contributed by atoms with Crippen LogP contribution in [0.1, 0.15) is 25.0 Å². The van der Waals surface area contributed by atoms with E-state index in [0.717, 1.165) is 30.9 Å². The van der Waals surface area contributed by atoms with E-state index in [9.17, 15) is 0 Å². The largest absolute Gasteiger partial charge is 0.497 e. The molecule has 114 valence electrons. The summed E-state index contributed by atoms with van der Waals surface area (Å²) in [6, 6.07) is 5.95. The lowest BCUT2D eigenvalue weighted by atomic mass is 10.1. The summed E-state index contributed by atoms with van der Waals surface area (Å²) < 4.78 is 5.33. The molecule has 0 bridgehead atoms. The number of benzene rings is 1. The smallest absolute Gasteiger partial charge is 0.119 e. The summed E-state index contributed by atoms with van der Waals surface area (Å²) >= 11 is 2.05. The van der Waals surface area contributed by atoms with Crippen molar-refractivity contribution >= 4 is 11.8 Å². The molecule has 0 saturated carbocycles. The molecule has 1 heterocycles. The zero-order chi connectivity index (χ0) is 15.2. The Morgan fingerprint density at radius 2 is 2.05 bits per heavy atom. The van der Waals surface area contributed by atoms with Crippen LogP contribution in [0.25, 0.3) is 0 Å². The molecule has 0 amide bonds. The fourth-order valence-corrected chi connectivity index (χ4v) is 4.13. The summed E-state index contributed by atoms with van der Waals surface area (Å²) in [5.41, 5.74) is 2.14. The zero-order valence-corrected chi connectivity index (χ0v) is 13.7. The van der Waals surface area contributed by atoms with E-state index in [1.54, 1.807) is 7.11 Å². The SMILES string of the molecule is COc1ccc(C#CCO)c(CN2CC(C)SC(C)C2)c1. The number of methoxy groups -OCH3 is 1. The van der Waals surface area contributed by atoms with E-state index in [-0.39, 0.29) is 6.61 Å². The van der Waals surface area contributed by atoms with E-state index >= 15 is 0 Å². The van der Waals surface area contributed by atoms with Crippen LogP contribution in [0.15, 0.2) is 18.2 Å². The van der Waals surface area contributed by atoms with Crippen LogP contribution in [0.5, 0.6) is 5.75 Å². The lowest BCUT2D eigenvalue weighted by Gasteiger charge is -2.34. The van der Waals surface area contributed by atoms with Gasteiger partial charge in [0.1, 0.15) is 12.4 Å². The number of ether oxygens (including phenoxy) is 1. The highest BCUT2D eigenvalue weighted by molar-refractivity contribution is 8.00. The van der Waals surface area contributed by atoms with Crippen LogP contribution < -0.4 is 4.74 Å². The second-order valence-corrected chi connectivity index (χ2v) is 7.32. The summed E-state index contributed by atoms with van der Waals surface area (Å²) in [6.45, 7) is 7.52. The molecule has 1 fully saturated rings. The minimum absolute atomic E-state index is 0.111. The average molecular weight is 305 g/mol. The Balaban J connectivity index is 2.20. The molecule has 2 atom stereocenters. The van der Waals surface area contributed by atoms with Crippen LogP contribution in [0.3, 0.4) is 0 Å². The topological polar surface area (TPSA) is 32.7 Å². The molecule has 1 saturated heterocycles. The second kappa shape index (κ2) is 7.74. The van der Waals surface area contributed by atoms with Gasteiger partial charge in [-0.3, -0.25) is 4.90 Å². The predicted octanol–water partition coefficient (Wildman–Crippen LogP) is 2.36. The van der Waals surface area contributed by atoms with Crippen molar-refractivity contribution in [3.05, 3.63) is 29.3 Å². The van der Waals surface area contributed by atoms with Gasteiger partial charge < -0.3 is 9.84 Å². The van der Waals surface area contributed by atoms with Crippen LogP contribution in [0.2, 0.25) is 0 Å². The molecule has 0 aromatic heterocycles. The molecule has 1 N–H and O–H groups in total. The standard InChI is InChI=1S/C17H23NO2S/c1-13-10-18(11-14(2)21-13)12-16-9-17(20-3)7-6-15(16)5-4-8-19/h6-7,9,13-14,19H,8,10-12H2,1-3H3. The Hall–Kier alpha value is -1.15. The Morgan fingerprint density at radius 3 is 2.67 bits per heavy atom. The van der Waals surface area contributed by atoms with Gasteiger partial charge in [-0.1, -0.05) is 25.7 Å². The van der Waals surface area contributed by atoms with Gasteiger partial charge in [-0.25, -0.2) is 0 Å². The van der Waals surface area contributed by atoms with Crippen LogP contribution in [-0.2, 0) is 6.54 Å². The molecule has 4 heteroatoms. The van der Waals surface area contributed by atoms with Crippen LogP contribution in [0.4, 0.5) is 0 Å². The van der Waals surface area contributed by atoms with Crippen LogP contribution in [-0.4, -0.2) is 47.3 Å². The Bertz CT molecular complexity index is 525. The minimum Gasteiger partial charge on any atom is -0.497 e. The molecule has 0 spiro atoms. The second-order valence-electron chi connectivity index (χ2n) is 5.43. The molecule has 0 aliphatic carbocycles. The molecule has 1 aromatic rings. The number of nitrogens with zero attached hydrogens (tertiary/aromatic N) is 1. The first-order chi connectivity index (χ1) is 10.1. The molecule has 1 aromatic carbocycles. The maximum Gasteiger partial charge on any atom is 0.119 e. The van der Waals surface area contributed by atoms with E-state index in [2.05, 4.69) is 48.4 Å². The molecular weight excluding hydrogens is 282 g/mol. The highest BCUT2D eigenvalue weighted by Crippen LogP contribution is 2.27. The summed E-state index contributed by atoms with van der Waals surface area (Å²) in [5.74, 6) is 6.63. The van der Waals surface area contributed by atoms with Gasteiger partial charge in [0.05, 0.1) is 7.11 Å². The Morgan fingerprint density at radius 1 is 1.33 bits per heavy atom. The summed E-state index contributed by atoms with van der Waals surface area (Å²) in [4.78, 5) is 2.48. The van der Waals surface area contributed by atoms with Gasteiger partial charge in [0.2, 0.25) is 0 Å². The van der Waals surface area contributed by atoms with Crippen molar-refractivity contribution in [2.24, 2.45) is 0 Å². The molecule has 3 nitrogen and oxygen atoms in total. The first-order valence-electron chi connectivity index (χ1n) is 7.27. The van der Waals surface area contributed by atoms with E-state index in [4.69, 9.17) is 9.84 Å². The lowest BCUT2D eigenvalue weighted by Crippen LogP contribution is -2.39. The van der Waals surface area contributed by atoms with Gasteiger partial charge in [-0.15, -0.1) is 0 Å². The first kappa shape index (κ1) is 16.2. The number of hydrogen-bond donors (Lipinski definition) is 1. The van der Waals surface area contributed by atoms with Gasteiger partial charge in [0.15, 0.2) is 0 Å². The first-order valence-corrected chi connectivity index (χ1v) is 8.21. The Labute approximate surface area is 131 Å². The monoisotopic (exact) mass is 305 g/mol. The third-order valence-electron chi connectivity index (χ3n) is 3.50. The van der Waals surface area contributed by atoms with E-state index < -0.39 is 0 Å². The molecule has 2 rings (SSSR count). The van der Waals surface area contributed by atoms with Crippen molar-refractivity contribution in [2.75, 3.05) is 26.8 Å². The number of rotatable bonds is 3. The van der Waals surface area contributed by atoms with Gasteiger partial charge >= 0.3 is 0 Å². The fourth-order valence-electron chi connectivity index (χ4n) is 2.74. The van der Waals surface area contributed by atoms with Crippen molar-refractivity contribution in [1.29, 1.82) is 0 Å².